The third-order valence-corrected chi connectivity index (χ3v) is 5.53. The first-order chi connectivity index (χ1) is 14.4. The van der Waals surface area contributed by atoms with Gasteiger partial charge >= 0.3 is 0 Å². The van der Waals surface area contributed by atoms with E-state index in [-0.39, 0.29) is 11.3 Å². The lowest BCUT2D eigenvalue weighted by Crippen LogP contribution is -2.27. The quantitative estimate of drug-likeness (QED) is 0.575. The van der Waals surface area contributed by atoms with Crippen LogP contribution in [0.15, 0.2) is 70.2 Å². The number of carbonyl (C=O) groups is 1. The SMILES string of the molecule is Cc1c(C(=O)N(C)c2ccccc2)oc2c1/C(=N\Nc1ccccc1)CC(C)(C)C2. The van der Waals surface area contributed by atoms with E-state index in [4.69, 9.17) is 9.52 Å². The van der Waals surface area contributed by atoms with E-state index < -0.39 is 0 Å². The van der Waals surface area contributed by atoms with Crippen LogP contribution in [0.2, 0.25) is 0 Å². The highest BCUT2D eigenvalue weighted by Crippen LogP contribution is 2.39. The average Bonchev–Trinajstić information content (AvgIpc) is 3.07. The van der Waals surface area contributed by atoms with E-state index in [1.54, 1.807) is 11.9 Å². The molecule has 5 heteroatoms. The fourth-order valence-corrected chi connectivity index (χ4v) is 3.98. The summed E-state index contributed by atoms with van der Waals surface area (Å²) in [6.07, 6.45) is 1.58. The standard InChI is InChI=1S/C25H27N3O2/c1-17-22-20(27-26-18-11-7-5-8-12-18)15-25(2,3)16-21(22)30-23(17)24(29)28(4)19-13-9-6-10-14-19/h5-14,26H,15-16H2,1-4H3/b27-20-. The summed E-state index contributed by atoms with van der Waals surface area (Å²) in [5.74, 6) is 1.07. The molecule has 1 aliphatic rings. The molecule has 0 aliphatic heterocycles. The van der Waals surface area contributed by atoms with Crippen molar-refractivity contribution in [2.75, 3.05) is 17.4 Å². The maximum absolute atomic E-state index is 13.2. The highest BCUT2D eigenvalue weighted by molar-refractivity contribution is 6.10. The van der Waals surface area contributed by atoms with Crippen LogP contribution in [0.4, 0.5) is 11.4 Å². The third kappa shape index (κ3) is 3.88. The minimum atomic E-state index is -0.152. The predicted molar refractivity (Wildman–Crippen MR) is 121 cm³/mol. The Morgan fingerprint density at radius 2 is 1.67 bits per heavy atom. The topological polar surface area (TPSA) is 57.8 Å². The van der Waals surface area contributed by atoms with E-state index in [0.29, 0.717) is 5.76 Å². The molecule has 1 N–H and O–H groups in total. The molecule has 0 saturated carbocycles. The number of hydrazone groups is 1. The van der Waals surface area contributed by atoms with Crippen molar-refractivity contribution in [3.8, 4) is 0 Å². The molecule has 2 aromatic carbocycles. The van der Waals surface area contributed by atoms with Crippen LogP contribution in [0.5, 0.6) is 0 Å². The van der Waals surface area contributed by atoms with Crippen LogP contribution >= 0.6 is 0 Å². The molecule has 4 rings (SSSR count). The first-order valence-electron chi connectivity index (χ1n) is 10.2. The van der Waals surface area contributed by atoms with Crippen LogP contribution < -0.4 is 10.3 Å². The summed E-state index contributed by atoms with van der Waals surface area (Å²) in [5, 5.41) is 4.71. The van der Waals surface area contributed by atoms with Crippen molar-refractivity contribution in [1.82, 2.24) is 0 Å². The van der Waals surface area contributed by atoms with Gasteiger partial charge in [-0.15, -0.1) is 0 Å². The minimum Gasteiger partial charge on any atom is -0.455 e. The van der Waals surface area contributed by atoms with Gasteiger partial charge in [-0.2, -0.15) is 5.10 Å². The number of nitrogens with zero attached hydrogens (tertiary/aromatic N) is 2. The van der Waals surface area contributed by atoms with E-state index in [1.165, 1.54) is 0 Å². The van der Waals surface area contributed by atoms with Gasteiger partial charge in [0, 0.05) is 30.3 Å². The molecule has 0 unspecified atom stereocenters. The maximum Gasteiger partial charge on any atom is 0.294 e. The molecule has 3 aromatic rings. The number of nitrogens with one attached hydrogen (secondary N) is 1. The maximum atomic E-state index is 13.2. The van der Waals surface area contributed by atoms with Gasteiger partial charge in [0.05, 0.1) is 11.4 Å². The molecule has 30 heavy (non-hydrogen) atoms. The second kappa shape index (κ2) is 7.82. The highest BCUT2D eigenvalue weighted by Gasteiger charge is 2.36. The van der Waals surface area contributed by atoms with Crippen LogP contribution in [0.1, 0.15) is 47.7 Å². The highest BCUT2D eigenvalue weighted by atomic mass is 16.4. The minimum absolute atomic E-state index is 0.000143. The van der Waals surface area contributed by atoms with Crippen molar-refractivity contribution in [2.45, 2.75) is 33.6 Å². The fourth-order valence-electron chi connectivity index (χ4n) is 3.98. The van der Waals surface area contributed by atoms with Crippen LogP contribution in [0.3, 0.4) is 0 Å². The second-order valence-electron chi connectivity index (χ2n) is 8.61. The number of benzene rings is 2. The predicted octanol–water partition coefficient (Wildman–Crippen LogP) is 5.65. The molecule has 5 nitrogen and oxygen atoms in total. The number of fused-ring (bicyclic) bond motifs is 1. The molecule has 1 heterocycles. The molecule has 0 bridgehead atoms. The Bertz CT molecular complexity index is 1080. The van der Waals surface area contributed by atoms with E-state index in [1.807, 2.05) is 67.6 Å². The summed E-state index contributed by atoms with van der Waals surface area (Å²) in [7, 11) is 1.77. The van der Waals surface area contributed by atoms with Crippen molar-refractivity contribution in [3.63, 3.8) is 0 Å². The Morgan fingerprint density at radius 1 is 1.03 bits per heavy atom. The number of hydrogen-bond acceptors (Lipinski definition) is 4. The number of carbonyl (C=O) groups excluding carboxylic acids is 1. The molecule has 1 aromatic heterocycles. The Kier molecular flexibility index (Phi) is 5.20. The zero-order chi connectivity index (χ0) is 21.3. The number of amides is 1. The lowest BCUT2D eigenvalue weighted by atomic mass is 9.75. The number of para-hydroxylation sites is 2. The molecular formula is C25H27N3O2. The normalized spacial score (nSPS) is 16.2. The van der Waals surface area contributed by atoms with Gasteiger partial charge in [-0.3, -0.25) is 10.2 Å². The summed E-state index contributed by atoms with van der Waals surface area (Å²) < 4.78 is 6.16. The van der Waals surface area contributed by atoms with Crippen molar-refractivity contribution in [1.29, 1.82) is 0 Å². The number of anilines is 2. The molecule has 1 amide bonds. The number of rotatable bonds is 4. The Hall–Kier alpha value is -3.34. The molecular weight excluding hydrogens is 374 g/mol. The zero-order valence-corrected chi connectivity index (χ0v) is 17.9. The molecule has 0 fully saturated rings. The smallest absolute Gasteiger partial charge is 0.294 e. The van der Waals surface area contributed by atoms with Crippen LogP contribution in [0.25, 0.3) is 0 Å². The van der Waals surface area contributed by atoms with E-state index in [0.717, 1.165) is 46.8 Å². The largest absolute Gasteiger partial charge is 0.455 e. The first kappa shape index (κ1) is 20.0. The van der Waals surface area contributed by atoms with Crippen LogP contribution in [0, 0.1) is 12.3 Å². The lowest BCUT2D eigenvalue weighted by molar-refractivity contribution is 0.0962. The van der Waals surface area contributed by atoms with Crippen molar-refractivity contribution < 1.29 is 9.21 Å². The van der Waals surface area contributed by atoms with Gasteiger partial charge in [0.1, 0.15) is 5.76 Å². The number of hydrogen-bond donors (Lipinski definition) is 1. The van der Waals surface area contributed by atoms with E-state index in [2.05, 4.69) is 19.3 Å². The fraction of sp³-hybridized carbons (Fsp3) is 0.280. The molecule has 0 radical (unpaired) electrons. The average molecular weight is 402 g/mol. The van der Waals surface area contributed by atoms with Crippen molar-refractivity contribution >= 4 is 23.0 Å². The van der Waals surface area contributed by atoms with Crippen LogP contribution in [-0.2, 0) is 6.42 Å². The van der Waals surface area contributed by atoms with Gasteiger partial charge in [-0.05, 0) is 43.0 Å². The van der Waals surface area contributed by atoms with Crippen molar-refractivity contribution in [2.24, 2.45) is 10.5 Å². The van der Waals surface area contributed by atoms with Gasteiger partial charge in [0.2, 0.25) is 0 Å². The van der Waals surface area contributed by atoms with Gasteiger partial charge < -0.3 is 9.32 Å². The summed E-state index contributed by atoms with van der Waals surface area (Å²) in [4.78, 5) is 14.8. The van der Waals surface area contributed by atoms with Gasteiger partial charge in [-0.1, -0.05) is 50.2 Å². The summed E-state index contributed by atoms with van der Waals surface area (Å²) >= 11 is 0. The summed E-state index contributed by atoms with van der Waals surface area (Å²) in [6.45, 7) is 6.34. The molecule has 0 saturated heterocycles. The Morgan fingerprint density at radius 3 is 2.33 bits per heavy atom. The van der Waals surface area contributed by atoms with Crippen molar-refractivity contribution in [3.05, 3.63) is 83.3 Å². The molecule has 1 aliphatic carbocycles. The lowest BCUT2D eigenvalue weighted by Gasteiger charge is -2.29. The van der Waals surface area contributed by atoms with Gasteiger partial charge in [0.15, 0.2) is 5.76 Å². The second-order valence-corrected chi connectivity index (χ2v) is 8.61. The summed E-state index contributed by atoms with van der Waals surface area (Å²) in [5.41, 5.74) is 7.65. The molecule has 0 spiro atoms. The summed E-state index contributed by atoms with van der Waals surface area (Å²) in [6, 6.07) is 19.5. The Labute approximate surface area is 177 Å². The molecule has 0 atom stereocenters. The third-order valence-electron chi connectivity index (χ3n) is 5.53. The Balaban J connectivity index is 1.70. The van der Waals surface area contributed by atoms with E-state index in [9.17, 15) is 4.79 Å². The van der Waals surface area contributed by atoms with Crippen LogP contribution in [-0.4, -0.2) is 18.7 Å². The molecule has 154 valence electrons. The number of furan rings is 1. The first-order valence-corrected chi connectivity index (χ1v) is 10.2. The van der Waals surface area contributed by atoms with Gasteiger partial charge in [-0.25, -0.2) is 0 Å². The van der Waals surface area contributed by atoms with E-state index >= 15 is 0 Å². The zero-order valence-electron chi connectivity index (χ0n) is 17.9. The monoisotopic (exact) mass is 401 g/mol. The van der Waals surface area contributed by atoms with Gasteiger partial charge in [0.25, 0.3) is 5.91 Å².